The van der Waals surface area contributed by atoms with E-state index in [4.69, 9.17) is 0 Å². The Kier molecular flexibility index (Phi) is 4.59. The number of hydrogen-bond acceptors (Lipinski definition) is 3. The molecule has 2 N–H and O–H groups in total. The first-order valence-electron chi connectivity index (χ1n) is 6.67. The summed E-state index contributed by atoms with van der Waals surface area (Å²) in [5, 5.41) is 3.48. The van der Waals surface area contributed by atoms with E-state index in [2.05, 4.69) is 38.1 Å². The molecule has 1 atom stereocenters. The molecule has 6 heteroatoms. The predicted octanol–water partition coefficient (Wildman–Crippen LogP) is 2.35. The molecule has 1 aromatic rings. The first-order chi connectivity index (χ1) is 9.18. The number of rotatable bonds is 5. The van der Waals surface area contributed by atoms with Crippen LogP contribution in [0.15, 0.2) is 22.7 Å². The zero-order chi connectivity index (χ0) is 15.0. The molecule has 0 amide bonds. The van der Waals surface area contributed by atoms with E-state index in [1.54, 1.807) is 0 Å². The average Bonchev–Trinajstić information content (AvgIpc) is 2.68. The molecule has 1 unspecified atom stereocenters. The zero-order valence-electron chi connectivity index (χ0n) is 12.0. The molecular formula is C14H21BrN2O2S. The first kappa shape index (κ1) is 15.9. The molecule has 0 saturated heterocycles. The third-order valence-corrected chi connectivity index (χ3v) is 5.13. The van der Waals surface area contributed by atoms with Crippen LogP contribution in [0.1, 0.15) is 37.4 Å². The van der Waals surface area contributed by atoms with E-state index in [1.165, 1.54) is 17.4 Å². The second-order valence-electron chi connectivity index (χ2n) is 6.04. The van der Waals surface area contributed by atoms with Crippen LogP contribution in [0.4, 0.5) is 0 Å². The van der Waals surface area contributed by atoms with Gasteiger partial charge in [0.05, 0.1) is 6.26 Å². The van der Waals surface area contributed by atoms with E-state index in [9.17, 15) is 8.42 Å². The third kappa shape index (κ3) is 4.04. The van der Waals surface area contributed by atoms with Gasteiger partial charge in [0.2, 0.25) is 10.0 Å². The maximum Gasteiger partial charge on any atom is 0.209 e. The molecule has 1 aliphatic rings. The number of sulfonamides is 1. The SMILES string of the molecule is CC(C)(CNC1CCc2c(Br)cccc21)NS(C)(=O)=O. The fourth-order valence-electron chi connectivity index (χ4n) is 2.74. The minimum absolute atomic E-state index is 0.295. The van der Waals surface area contributed by atoms with Crippen LogP contribution in [-0.4, -0.2) is 26.8 Å². The molecule has 4 nitrogen and oxygen atoms in total. The minimum Gasteiger partial charge on any atom is -0.308 e. The largest absolute Gasteiger partial charge is 0.308 e. The molecule has 0 aliphatic heterocycles. The van der Waals surface area contributed by atoms with Crippen molar-refractivity contribution >= 4 is 26.0 Å². The summed E-state index contributed by atoms with van der Waals surface area (Å²) < 4.78 is 26.5. The van der Waals surface area contributed by atoms with Crippen LogP contribution < -0.4 is 10.0 Å². The summed E-state index contributed by atoms with van der Waals surface area (Å²) in [5.74, 6) is 0. The molecule has 0 bridgehead atoms. The van der Waals surface area contributed by atoms with Gasteiger partial charge in [0.15, 0.2) is 0 Å². The lowest BCUT2D eigenvalue weighted by molar-refractivity contribution is 0.389. The Morgan fingerprint density at radius 3 is 2.75 bits per heavy atom. The molecule has 1 aromatic carbocycles. The van der Waals surface area contributed by atoms with Crippen LogP contribution in [0.3, 0.4) is 0 Å². The molecule has 1 aliphatic carbocycles. The van der Waals surface area contributed by atoms with Gasteiger partial charge < -0.3 is 5.32 Å². The molecule has 0 heterocycles. The van der Waals surface area contributed by atoms with Crippen LogP contribution in [0.25, 0.3) is 0 Å². The van der Waals surface area contributed by atoms with E-state index >= 15 is 0 Å². The van der Waals surface area contributed by atoms with E-state index < -0.39 is 15.6 Å². The van der Waals surface area contributed by atoms with Gasteiger partial charge >= 0.3 is 0 Å². The van der Waals surface area contributed by atoms with Crippen molar-refractivity contribution in [2.45, 2.75) is 38.3 Å². The van der Waals surface area contributed by atoms with Crippen LogP contribution >= 0.6 is 15.9 Å². The van der Waals surface area contributed by atoms with Gasteiger partial charge in [-0.2, -0.15) is 0 Å². The maximum absolute atomic E-state index is 11.3. The van der Waals surface area contributed by atoms with E-state index in [1.807, 2.05) is 19.9 Å². The Bertz CT molecular complexity index is 599. The van der Waals surface area contributed by atoms with Crippen molar-refractivity contribution in [1.29, 1.82) is 0 Å². The zero-order valence-corrected chi connectivity index (χ0v) is 14.4. The van der Waals surface area contributed by atoms with Gasteiger partial charge in [-0.1, -0.05) is 28.1 Å². The van der Waals surface area contributed by atoms with E-state index in [0.29, 0.717) is 12.6 Å². The second-order valence-corrected chi connectivity index (χ2v) is 8.64. The molecule has 112 valence electrons. The van der Waals surface area contributed by atoms with Crippen molar-refractivity contribution in [3.05, 3.63) is 33.8 Å². The summed E-state index contributed by atoms with van der Waals surface area (Å²) in [5.41, 5.74) is 2.18. The Labute approximate surface area is 129 Å². The molecule has 0 fully saturated rings. The molecule has 2 rings (SSSR count). The Morgan fingerprint density at radius 2 is 2.10 bits per heavy atom. The topological polar surface area (TPSA) is 58.2 Å². The fourth-order valence-corrected chi connectivity index (χ4v) is 4.39. The van der Waals surface area contributed by atoms with Gasteiger partial charge in [-0.25, -0.2) is 13.1 Å². The summed E-state index contributed by atoms with van der Waals surface area (Å²) in [7, 11) is -3.19. The number of halogens is 1. The predicted molar refractivity (Wildman–Crippen MR) is 85.3 cm³/mol. The lowest BCUT2D eigenvalue weighted by Gasteiger charge is -2.27. The first-order valence-corrected chi connectivity index (χ1v) is 9.36. The van der Waals surface area contributed by atoms with Crippen LogP contribution in [0.2, 0.25) is 0 Å². The van der Waals surface area contributed by atoms with Crippen LogP contribution in [-0.2, 0) is 16.4 Å². The Morgan fingerprint density at radius 1 is 1.40 bits per heavy atom. The highest BCUT2D eigenvalue weighted by Crippen LogP contribution is 2.35. The minimum atomic E-state index is -3.19. The number of benzene rings is 1. The van der Waals surface area contributed by atoms with Crippen molar-refractivity contribution in [1.82, 2.24) is 10.0 Å². The van der Waals surface area contributed by atoms with Crippen molar-refractivity contribution in [3.63, 3.8) is 0 Å². The van der Waals surface area contributed by atoms with Gasteiger partial charge in [0.1, 0.15) is 0 Å². The Balaban J connectivity index is 2.02. The van der Waals surface area contributed by atoms with E-state index in [-0.39, 0.29) is 0 Å². The van der Waals surface area contributed by atoms with Gasteiger partial charge in [0, 0.05) is 22.6 Å². The second kappa shape index (κ2) is 5.75. The highest BCUT2D eigenvalue weighted by atomic mass is 79.9. The monoisotopic (exact) mass is 360 g/mol. The third-order valence-electron chi connectivity index (χ3n) is 3.47. The summed E-state index contributed by atoms with van der Waals surface area (Å²) in [6.45, 7) is 4.37. The van der Waals surface area contributed by atoms with Crippen LogP contribution in [0, 0.1) is 0 Å². The van der Waals surface area contributed by atoms with Crippen LogP contribution in [0.5, 0.6) is 0 Å². The van der Waals surface area contributed by atoms with Crippen molar-refractivity contribution < 1.29 is 8.42 Å². The summed E-state index contributed by atoms with van der Waals surface area (Å²) in [6.07, 6.45) is 3.29. The molecule has 0 radical (unpaired) electrons. The smallest absolute Gasteiger partial charge is 0.209 e. The number of hydrogen-bond donors (Lipinski definition) is 2. The van der Waals surface area contributed by atoms with Gasteiger partial charge in [0.25, 0.3) is 0 Å². The van der Waals surface area contributed by atoms with Gasteiger partial charge in [-0.15, -0.1) is 0 Å². The molecule has 0 saturated carbocycles. The average molecular weight is 361 g/mol. The summed E-state index contributed by atoms with van der Waals surface area (Å²) in [6, 6.07) is 6.55. The normalized spacial score (nSPS) is 19.1. The lowest BCUT2D eigenvalue weighted by atomic mass is 10.0. The fraction of sp³-hybridized carbons (Fsp3) is 0.571. The summed E-state index contributed by atoms with van der Waals surface area (Å²) >= 11 is 3.59. The van der Waals surface area contributed by atoms with Crippen molar-refractivity contribution in [2.24, 2.45) is 0 Å². The molecule has 0 spiro atoms. The highest BCUT2D eigenvalue weighted by molar-refractivity contribution is 9.10. The molecule has 0 aromatic heterocycles. The standard InChI is InChI=1S/C14H21BrN2O2S/c1-14(2,17-20(3,18)19)9-16-13-8-7-10-11(13)5-4-6-12(10)15/h4-6,13,16-17H,7-9H2,1-3H3. The maximum atomic E-state index is 11.3. The number of nitrogens with one attached hydrogen (secondary N) is 2. The quantitative estimate of drug-likeness (QED) is 0.847. The lowest BCUT2D eigenvalue weighted by Crippen LogP contribution is -2.50. The van der Waals surface area contributed by atoms with Gasteiger partial charge in [-0.3, -0.25) is 0 Å². The summed E-state index contributed by atoms with van der Waals surface area (Å²) in [4.78, 5) is 0. The van der Waals surface area contributed by atoms with Crippen molar-refractivity contribution in [2.75, 3.05) is 12.8 Å². The molecule has 20 heavy (non-hydrogen) atoms. The number of fused-ring (bicyclic) bond motifs is 1. The van der Waals surface area contributed by atoms with Gasteiger partial charge in [-0.05, 0) is 43.9 Å². The Hall–Kier alpha value is -0.430. The van der Waals surface area contributed by atoms with Crippen molar-refractivity contribution in [3.8, 4) is 0 Å². The highest BCUT2D eigenvalue weighted by Gasteiger charge is 2.27. The molecular weight excluding hydrogens is 340 g/mol. The van der Waals surface area contributed by atoms with E-state index in [0.717, 1.165) is 17.3 Å².